The van der Waals surface area contributed by atoms with Gasteiger partial charge in [-0.25, -0.2) is 0 Å². The van der Waals surface area contributed by atoms with E-state index in [0.29, 0.717) is 41.7 Å². The molecule has 0 heterocycles. The molecule has 2 aromatic carbocycles. The monoisotopic (exact) mass is 376 g/mol. The molecule has 0 aromatic heterocycles. The van der Waals surface area contributed by atoms with Gasteiger partial charge in [-0.05, 0) is 38.1 Å². The van der Waals surface area contributed by atoms with Crippen molar-refractivity contribution in [2.45, 2.75) is 13.8 Å². The molecule has 7 heteroatoms. The second-order valence-corrected chi connectivity index (χ2v) is 5.45. The first-order valence-corrected chi connectivity index (χ1v) is 8.69. The molecule has 0 fully saturated rings. The van der Waals surface area contributed by atoms with E-state index < -0.39 is 5.91 Å². The Morgan fingerprint density at radius 3 is 2.46 bits per heavy atom. The highest BCUT2D eigenvalue weighted by Gasteiger charge is 2.12. The molecule has 0 saturated carbocycles. The molecule has 1 amide bonds. The summed E-state index contributed by atoms with van der Waals surface area (Å²) in [5.74, 6) is 0.563. The number of nitrogens with one attached hydrogen (secondary N) is 2. The van der Waals surface area contributed by atoms with Crippen molar-refractivity contribution in [3.63, 3.8) is 0 Å². The number of hydrogen-bond donors (Lipinski definition) is 2. The molecule has 28 heavy (non-hydrogen) atoms. The predicted octanol–water partition coefficient (Wildman–Crippen LogP) is 3.81. The quantitative estimate of drug-likeness (QED) is 0.536. The van der Waals surface area contributed by atoms with Crippen molar-refractivity contribution in [2.24, 2.45) is 0 Å². The normalized spacial score (nSPS) is 10.4. The summed E-state index contributed by atoms with van der Waals surface area (Å²) >= 11 is 0. The van der Waals surface area contributed by atoms with Crippen molar-refractivity contribution in [3.05, 3.63) is 59.8 Å². The van der Waals surface area contributed by atoms with Gasteiger partial charge in [-0.1, -0.05) is 12.1 Å². The van der Waals surface area contributed by atoms with Gasteiger partial charge in [0.1, 0.15) is 17.7 Å². The standard InChI is InChI=1S/C21H20N4O3/c1-3-27-19-10-9-17(11-20(19)28-4-2)24-14-16(13-23)21(26)25-18-8-6-5-7-15(18)12-22/h5-11,14,24H,3-4H2,1-2H3,(H,25,26)/b16-14-. The highest BCUT2D eigenvalue weighted by Crippen LogP contribution is 2.30. The first-order valence-electron chi connectivity index (χ1n) is 8.69. The number of ether oxygens (including phenoxy) is 2. The number of carbonyl (C=O) groups is 1. The van der Waals surface area contributed by atoms with Crippen LogP contribution in [0.5, 0.6) is 11.5 Å². The maximum Gasteiger partial charge on any atom is 0.267 e. The van der Waals surface area contributed by atoms with Crippen LogP contribution in [0.1, 0.15) is 19.4 Å². The third-order valence-corrected chi connectivity index (χ3v) is 3.59. The van der Waals surface area contributed by atoms with E-state index in [9.17, 15) is 10.1 Å². The van der Waals surface area contributed by atoms with Crippen molar-refractivity contribution in [1.29, 1.82) is 10.5 Å². The van der Waals surface area contributed by atoms with Gasteiger partial charge >= 0.3 is 0 Å². The zero-order chi connectivity index (χ0) is 20.4. The number of amides is 1. The Hall–Kier alpha value is -3.97. The third kappa shape index (κ3) is 5.26. The van der Waals surface area contributed by atoms with Crippen LogP contribution in [0.25, 0.3) is 0 Å². The zero-order valence-electron chi connectivity index (χ0n) is 15.7. The maximum absolute atomic E-state index is 12.3. The molecule has 0 atom stereocenters. The Labute approximate surface area is 163 Å². The van der Waals surface area contributed by atoms with E-state index in [0.717, 1.165) is 0 Å². The summed E-state index contributed by atoms with van der Waals surface area (Å²) in [5.41, 5.74) is 1.15. The third-order valence-electron chi connectivity index (χ3n) is 3.59. The average molecular weight is 376 g/mol. The molecule has 0 unspecified atom stereocenters. The van der Waals surface area contributed by atoms with Gasteiger partial charge in [0.15, 0.2) is 11.5 Å². The minimum Gasteiger partial charge on any atom is -0.490 e. The Kier molecular flexibility index (Phi) is 7.44. The average Bonchev–Trinajstić information content (AvgIpc) is 2.71. The Morgan fingerprint density at radius 2 is 1.79 bits per heavy atom. The summed E-state index contributed by atoms with van der Waals surface area (Å²) < 4.78 is 11.1. The molecule has 0 saturated heterocycles. The van der Waals surface area contributed by atoms with Crippen LogP contribution in [-0.4, -0.2) is 19.1 Å². The molecule has 7 nitrogen and oxygen atoms in total. The fourth-order valence-electron chi connectivity index (χ4n) is 2.32. The highest BCUT2D eigenvalue weighted by molar-refractivity contribution is 6.07. The van der Waals surface area contributed by atoms with Gasteiger partial charge in [0.2, 0.25) is 0 Å². The van der Waals surface area contributed by atoms with Crippen LogP contribution < -0.4 is 20.1 Å². The molecule has 2 rings (SSSR count). The summed E-state index contributed by atoms with van der Waals surface area (Å²) in [4.78, 5) is 12.3. The van der Waals surface area contributed by atoms with E-state index in [1.165, 1.54) is 6.20 Å². The first kappa shape index (κ1) is 20.3. The number of hydrogen-bond acceptors (Lipinski definition) is 6. The van der Waals surface area contributed by atoms with Gasteiger partial charge in [-0.3, -0.25) is 4.79 Å². The van der Waals surface area contributed by atoms with Gasteiger partial charge in [0.05, 0.1) is 24.5 Å². The molecular weight excluding hydrogens is 356 g/mol. The van der Waals surface area contributed by atoms with E-state index in [2.05, 4.69) is 10.6 Å². The number of rotatable bonds is 8. The Morgan fingerprint density at radius 1 is 1.07 bits per heavy atom. The van der Waals surface area contributed by atoms with Gasteiger partial charge in [-0.2, -0.15) is 10.5 Å². The van der Waals surface area contributed by atoms with E-state index in [1.807, 2.05) is 26.0 Å². The van der Waals surface area contributed by atoms with Gasteiger partial charge in [-0.15, -0.1) is 0 Å². The van der Waals surface area contributed by atoms with Gasteiger partial charge in [0, 0.05) is 18.0 Å². The van der Waals surface area contributed by atoms with Crippen LogP contribution >= 0.6 is 0 Å². The second kappa shape index (κ2) is 10.2. The van der Waals surface area contributed by atoms with Crippen molar-refractivity contribution >= 4 is 17.3 Å². The first-order chi connectivity index (χ1) is 13.6. The fraction of sp³-hybridized carbons (Fsp3) is 0.190. The van der Waals surface area contributed by atoms with Crippen molar-refractivity contribution in [3.8, 4) is 23.6 Å². The number of anilines is 2. The van der Waals surface area contributed by atoms with Crippen LogP contribution in [-0.2, 0) is 4.79 Å². The largest absolute Gasteiger partial charge is 0.490 e. The maximum atomic E-state index is 12.3. The summed E-state index contributed by atoms with van der Waals surface area (Å²) in [6.45, 7) is 4.74. The topological polar surface area (TPSA) is 107 Å². The van der Waals surface area contributed by atoms with Gasteiger partial charge < -0.3 is 20.1 Å². The highest BCUT2D eigenvalue weighted by atomic mass is 16.5. The molecule has 0 spiro atoms. The Bertz CT molecular complexity index is 955. The lowest BCUT2D eigenvalue weighted by Crippen LogP contribution is -2.15. The molecule has 0 aliphatic heterocycles. The number of benzene rings is 2. The van der Waals surface area contributed by atoms with E-state index in [4.69, 9.17) is 14.7 Å². The molecular formula is C21H20N4O3. The number of para-hydroxylation sites is 1. The van der Waals surface area contributed by atoms with Crippen molar-refractivity contribution < 1.29 is 14.3 Å². The molecule has 2 aromatic rings. The van der Waals surface area contributed by atoms with E-state index >= 15 is 0 Å². The van der Waals surface area contributed by atoms with Crippen LogP contribution in [0, 0.1) is 22.7 Å². The van der Waals surface area contributed by atoms with E-state index in [1.54, 1.807) is 42.5 Å². The van der Waals surface area contributed by atoms with Crippen LogP contribution in [0.15, 0.2) is 54.2 Å². The molecule has 142 valence electrons. The summed E-state index contributed by atoms with van der Waals surface area (Å²) in [6, 6.07) is 15.6. The van der Waals surface area contributed by atoms with Crippen LogP contribution in [0.3, 0.4) is 0 Å². The lowest BCUT2D eigenvalue weighted by Gasteiger charge is -2.12. The Balaban J connectivity index is 2.16. The molecule has 0 aliphatic rings. The smallest absolute Gasteiger partial charge is 0.267 e. The lowest BCUT2D eigenvalue weighted by atomic mass is 10.2. The van der Waals surface area contributed by atoms with Crippen LogP contribution in [0.2, 0.25) is 0 Å². The summed E-state index contributed by atoms with van der Waals surface area (Å²) in [5, 5.41) is 23.9. The SMILES string of the molecule is CCOc1ccc(N/C=C(/C#N)C(=O)Nc2ccccc2C#N)cc1OCC. The fourth-order valence-corrected chi connectivity index (χ4v) is 2.32. The summed E-state index contributed by atoms with van der Waals surface area (Å²) in [7, 11) is 0. The molecule has 0 radical (unpaired) electrons. The molecule has 0 aliphatic carbocycles. The predicted molar refractivity (Wildman–Crippen MR) is 106 cm³/mol. The number of carbonyl (C=O) groups excluding carboxylic acids is 1. The molecule has 0 bridgehead atoms. The lowest BCUT2D eigenvalue weighted by molar-refractivity contribution is -0.112. The minimum absolute atomic E-state index is 0.139. The van der Waals surface area contributed by atoms with E-state index in [-0.39, 0.29) is 5.57 Å². The van der Waals surface area contributed by atoms with Gasteiger partial charge in [0.25, 0.3) is 5.91 Å². The second-order valence-electron chi connectivity index (χ2n) is 5.45. The zero-order valence-corrected chi connectivity index (χ0v) is 15.7. The summed E-state index contributed by atoms with van der Waals surface area (Å²) in [6.07, 6.45) is 1.30. The van der Waals surface area contributed by atoms with Crippen LogP contribution in [0.4, 0.5) is 11.4 Å². The van der Waals surface area contributed by atoms with Crippen molar-refractivity contribution in [2.75, 3.05) is 23.8 Å². The number of nitrogens with zero attached hydrogens (tertiary/aromatic N) is 2. The molecule has 2 N–H and O–H groups in total. The van der Waals surface area contributed by atoms with Crippen molar-refractivity contribution in [1.82, 2.24) is 0 Å². The number of nitriles is 2. The minimum atomic E-state index is -0.617.